The zero-order valence-corrected chi connectivity index (χ0v) is 13.6. The van der Waals surface area contributed by atoms with Gasteiger partial charge in [0.1, 0.15) is 0 Å². The SMILES string of the molecule is C[C@H](NC(=O)N1CC[C@H](Cc2cnn(C)c2)C1)c1ccccn1. The maximum absolute atomic E-state index is 12.4. The molecule has 0 unspecified atom stereocenters. The maximum atomic E-state index is 12.4. The minimum absolute atomic E-state index is 0.00293. The molecule has 1 N–H and O–H groups in total. The van der Waals surface area contributed by atoms with Gasteiger partial charge in [0.25, 0.3) is 0 Å². The summed E-state index contributed by atoms with van der Waals surface area (Å²) < 4.78 is 1.82. The van der Waals surface area contributed by atoms with Crippen molar-refractivity contribution in [2.45, 2.75) is 25.8 Å². The van der Waals surface area contributed by atoms with Crippen molar-refractivity contribution in [1.82, 2.24) is 25.0 Å². The molecule has 1 aliphatic heterocycles. The Balaban J connectivity index is 1.51. The number of nitrogens with zero attached hydrogens (tertiary/aromatic N) is 4. The minimum Gasteiger partial charge on any atom is -0.330 e. The fraction of sp³-hybridized carbons (Fsp3) is 0.471. The molecule has 0 bridgehead atoms. The molecule has 122 valence electrons. The van der Waals surface area contributed by atoms with Crippen molar-refractivity contribution in [2.75, 3.05) is 13.1 Å². The molecule has 23 heavy (non-hydrogen) atoms. The number of rotatable bonds is 4. The maximum Gasteiger partial charge on any atom is 0.317 e. The number of hydrogen-bond donors (Lipinski definition) is 1. The molecular formula is C17H23N5O. The van der Waals surface area contributed by atoms with E-state index in [9.17, 15) is 4.79 Å². The Bertz CT molecular complexity index is 654. The normalized spacial score (nSPS) is 18.9. The van der Waals surface area contributed by atoms with E-state index in [0.29, 0.717) is 5.92 Å². The number of urea groups is 1. The van der Waals surface area contributed by atoms with Crippen LogP contribution in [0, 0.1) is 5.92 Å². The van der Waals surface area contributed by atoms with Gasteiger partial charge in [0.05, 0.1) is 17.9 Å². The molecule has 0 saturated carbocycles. The Morgan fingerprint density at radius 3 is 3.04 bits per heavy atom. The molecule has 1 fully saturated rings. The second-order valence-electron chi connectivity index (χ2n) is 6.25. The lowest BCUT2D eigenvalue weighted by Crippen LogP contribution is -2.40. The Hall–Kier alpha value is -2.37. The molecule has 1 saturated heterocycles. The first-order valence-corrected chi connectivity index (χ1v) is 8.05. The van der Waals surface area contributed by atoms with Crippen LogP contribution in [0.15, 0.2) is 36.8 Å². The summed E-state index contributed by atoms with van der Waals surface area (Å²) in [5, 5.41) is 7.24. The van der Waals surface area contributed by atoms with E-state index in [1.165, 1.54) is 5.56 Å². The van der Waals surface area contributed by atoms with Crippen molar-refractivity contribution in [3.05, 3.63) is 48.0 Å². The van der Waals surface area contributed by atoms with E-state index >= 15 is 0 Å². The van der Waals surface area contributed by atoms with Gasteiger partial charge in [-0.3, -0.25) is 9.67 Å². The van der Waals surface area contributed by atoms with Gasteiger partial charge >= 0.3 is 6.03 Å². The molecule has 3 rings (SSSR count). The Morgan fingerprint density at radius 1 is 1.48 bits per heavy atom. The molecule has 3 heterocycles. The van der Waals surface area contributed by atoms with Crippen molar-refractivity contribution in [3.8, 4) is 0 Å². The molecule has 2 atom stereocenters. The molecule has 2 amide bonds. The summed E-state index contributed by atoms with van der Waals surface area (Å²) >= 11 is 0. The summed E-state index contributed by atoms with van der Waals surface area (Å²) in [4.78, 5) is 18.6. The second-order valence-corrected chi connectivity index (χ2v) is 6.25. The number of carbonyl (C=O) groups excluding carboxylic acids is 1. The van der Waals surface area contributed by atoms with Gasteiger partial charge in [-0.2, -0.15) is 5.10 Å². The number of nitrogens with one attached hydrogen (secondary N) is 1. The lowest BCUT2D eigenvalue weighted by Gasteiger charge is -2.20. The van der Waals surface area contributed by atoms with Gasteiger partial charge in [0, 0.05) is 32.5 Å². The number of carbonyl (C=O) groups is 1. The van der Waals surface area contributed by atoms with Crippen LogP contribution in [-0.2, 0) is 13.5 Å². The van der Waals surface area contributed by atoms with Crippen LogP contribution < -0.4 is 5.32 Å². The van der Waals surface area contributed by atoms with Gasteiger partial charge in [0.2, 0.25) is 0 Å². The first-order valence-electron chi connectivity index (χ1n) is 8.05. The van der Waals surface area contributed by atoms with Gasteiger partial charge < -0.3 is 10.2 Å². The van der Waals surface area contributed by atoms with Crippen LogP contribution in [0.3, 0.4) is 0 Å². The number of amides is 2. The fourth-order valence-electron chi connectivity index (χ4n) is 3.08. The van der Waals surface area contributed by atoms with Crippen LogP contribution in [0.25, 0.3) is 0 Å². The molecule has 0 radical (unpaired) electrons. The monoisotopic (exact) mass is 313 g/mol. The molecule has 6 heteroatoms. The molecule has 0 aromatic carbocycles. The van der Waals surface area contributed by atoms with Crippen molar-refractivity contribution >= 4 is 6.03 Å². The molecule has 0 aliphatic carbocycles. The van der Waals surface area contributed by atoms with E-state index in [1.54, 1.807) is 6.20 Å². The second kappa shape index (κ2) is 6.81. The highest BCUT2D eigenvalue weighted by atomic mass is 16.2. The van der Waals surface area contributed by atoms with E-state index in [1.807, 2.05) is 54.1 Å². The van der Waals surface area contributed by atoms with E-state index in [-0.39, 0.29) is 12.1 Å². The molecule has 2 aromatic heterocycles. The summed E-state index contributed by atoms with van der Waals surface area (Å²) in [5.41, 5.74) is 2.12. The summed E-state index contributed by atoms with van der Waals surface area (Å²) in [7, 11) is 1.93. The van der Waals surface area contributed by atoms with Crippen molar-refractivity contribution < 1.29 is 4.79 Å². The van der Waals surface area contributed by atoms with E-state index in [2.05, 4.69) is 15.4 Å². The third kappa shape index (κ3) is 3.88. The van der Waals surface area contributed by atoms with Crippen molar-refractivity contribution in [1.29, 1.82) is 0 Å². The molecule has 6 nitrogen and oxygen atoms in total. The fourth-order valence-corrected chi connectivity index (χ4v) is 3.08. The van der Waals surface area contributed by atoms with Crippen LogP contribution in [0.1, 0.15) is 30.6 Å². The van der Waals surface area contributed by atoms with E-state index in [0.717, 1.165) is 31.6 Å². The highest BCUT2D eigenvalue weighted by molar-refractivity contribution is 5.74. The van der Waals surface area contributed by atoms with Crippen LogP contribution in [0.2, 0.25) is 0 Å². The van der Waals surface area contributed by atoms with Crippen LogP contribution in [0.4, 0.5) is 4.79 Å². The molecule has 1 aliphatic rings. The van der Waals surface area contributed by atoms with Crippen molar-refractivity contribution in [2.24, 2.45) is 13.0 Å². The van der Waals surface area contributed by atoms with Crippen LogP contribution in [0.5, 0.6) is 0 Å². The quantitative estimate of drug-likeness (QED) is 0.941. The standard InChI is InChI=1S/C17H23N5O/c1-13(16-5-3-4-7-18-16)20-17(23)22-8-6-14(12-22)9-15-10-19-21(2)11-15/h3-5,7,10-11,13-14H,6,8-9,12H2,1-2H3,(H,20,23)/t13-,14+/m0/s1. The lowest BCUT2D eigenvalue weighted by atomic mass is 10.0. The molecule has 2 aromatic rings. The number of likely N-dealkylation sites (tertiary alicyclic amines) is 1. The zero-order valence-electron chi connectivity index (χ0n) is 13.6. The highest BCUT2D eigenvalue weighted by Gasteiger charge is 2.27. The van der Waals surface area contributed by atoms with E-state index < -0.39 is 0 Å². The Labute approximate surface area is 136 Å². The van der Waals surface area contributed by atoms with Crippen molar-refractivity contribution in [3.63, 3.8) is 0 Å². The molecule has 0 spiro atoms. The third-order valence-corrected chi connectivity index (χ3v) is 4.33. The zero-order chi connectivity index (χ0) is 16.2. The first kappa shape index (κ1) is 15.5. The summed E-state index contributed by atoms with van der Waals surface area (Å²) in [5.74, 6) is 0.509. The van der Waals surface area contributed by atoms with E-state index in [4.69, 9.17) is 0 Å². The number of aryl methyl sites for hydroxylation is 1. The average Bonchev–Trinajstić information content (AvgIpc) is 3.18. The summed E-state index contributed by atoms with van der Waals surface area (Å²) in [6.07, 6.45) is 7.73. The van der Waals surface area contributed by atoms with Crippen LogP contribution >= 0.6 is 0 Å². The largest absolute Gasteiger partial charge is 0.330 e. The predicted octanol–water partition coefficient (Wildman–Crippen LogP) is 2.15. The molecular weight excluding hydrogens is 290 g/mol. The predicted molar refractivity (Wildman–Crippen MR) is 87.8 cm³/mol. The highest BCUT2D eigenvalue weighted by Crippen LogP contribution is 2.21. The number of hydrogen-bond acceptors (Lipinski definition) is 3. The summed E-state index contributed by atoms with van der Waals surface area (Å²) in [6.45, 7) is 3.57. The minimum atomic E-state index is -0.0823. The van der Waals surface area contributed by atoms with Gasteiger partial charge in [-0.1, -0.05) is 6.07 Å². The number of pyridine rings is 1. The van der Waals surface area contributed by atoms with Crippen LogP contribution in [-0.4, -0.2) is 38.8 Å². The number of aromatic nitrogens is 3. The van der Waals surface area contributed by atoms with Gasteiger partial charge in [-0.15, -0.1) is 0 Å². The Kier molecular flexibility index (Phi) is 4.60. The van der Waals surface area contributed by atoms with Gasteiger partial charge in [0.15, 0.2) is 0 Å². The first-order chi connectivity index (χ1) is 11.1. The smallest absolute Gasteiger partial charge is 0.317 e. The average molecular weight is 313 g/mol. The third-order valence-electron chi connectivity index (χ3n) is 4.33. The Morgan fingerprint density at radius 2 is 2.35 bits per heavy atom. The van der Waals surface area contributed by atoms with Gasteiger partial charge in [-0.25, -0.2) is 4.79 Å². The van der Waals surface area contributed by atoms with Gasteiger partial charge in [-0.05, 0) is 43.4 Å². The topological polar surface area (TPSA) is 63.1 Å². The summed E-state index contributed by atoms with van der Waals surface area (Å²) in [6, 6.07) is 5.66. The lowest BCUT2D eigenvalue weighted by molar-refractivity contribution is 0.203.